The molecule has 8 aliphatic rings. The van der Waals surface area contributed by atoms with E-state index in [1.54, 1.807) is 0 Å². The highest BCUT2D eigenvalue weighted by molar-refractivity contribution is 5.73. The van der Waals surface area contributed by atoms with Crippen LogP contribution < -0.4 is 10.6 Å². The molecular formula is C52H88N2O39. The van der Waals surface area contributed by atoms with Crippen molar-refractivity contribution in [1.82, 2.24) is 10.6 Å². The summed E-state index contributed by atoms with van der Waals surface area (Å²) in [6.07, 6.45) is -74.6. The normalized spacial score (nSPS) is 51.6. The average molecular weight is 1370 g/mol. The van der Waals surface area contributed by atoms with Crippen LogP contribution in [0.4, 0.5) is 0 Å². The Bertz CT molecular complexity index is 2350. The molecule has 0 aromatic heterocycles. The van der Waals surface area contributed by atoms with E-state index in [9.17, 15) is 122 Å². The summed E-state index contributed by atoms with van der Waals surface area (Å²) < 4.78 is 88.1. The molecule has 41 nitrogen and oxygen atoms in total. The molecule has 0 saturated carbocycles. The maximum absolute atomic E-state index is 13.4. The molecule has 8 aliphatic heterocycles. The van der Waals surface area contributed by atoms with Gasteiger partial charge in [-0.05, 0) is 13.8 Å². The number of carbonyl (C=O) groups is 2. The van der Waals surface area contributed by atoms with Gasteiger partial charge in [-0.3, -0.25) is 9.59 Å². The lowest BCUT2D eigenvalue weighted by Crippen LogP contribution is -2.72. The Labute approximate surface area is 527 Å². The van der Waals surface area contributed by atoms with Gasteiger partial charge in [0.25, 0.3) is 0 Å². The van der Waals surface area contributed by atoms with Crippen molar-refractivity contribution in [3.05, 3.63) is 0 Å². The van der Waals surface area contributed by atoms with E-state index < -0.39 is 297 Å². The third kappa shape index (κ3) is 16.2. The van der Waals surface area contributed by atoms with Gasteiger partial charge in [-0.2, -0.15) is 0 Å². The van der Waals surface area contributed by atoms with Gasteiger partial charge in [-0.1, -0.05) is 0 Å². The van der Waals surface area contributed by atoms with Gasteiger partial charge in [0.15, 0.2) is 50.3 Å². The summed E-state index contributed by atoms with van der Waals surface area (Å²) >= 11 is 0. The Kier molecular flexibility index (Phi) is 26.7. The van der Waals surface area contributed by atoms with Crippen LogP contribution in [0.15, 0.2) is 0 Å². The maximum atomic E-state index is 13.4. The van der Waals surface area contributed by atoms with Crippen molar-refractivity contribution < 1.29 is 193 Å². The molecule has 0 aromatic carbocycles. The van der Waals surface area contributed by atoms with E-state index in [1.165, 1.54) is 13.8 Å². The van der Waals surface area contributed by atoms with Gasteiger partial charge in [0.1, 0.15) is 183 Å². The molecule has 0 radical (unpaired) electrons. The first-order valence-electron chi connectivity index (χ1n) is 29.9. The van der Waals surface area contributed by atoms with Crippen molar-refractivity contribution in [1.29, 1.82) is 0 Å². The lowest BCUT2D eigenvalue weighted by atomic mass is 9.93. The second-order valence-corrected chi connectivity index (χ2v) is 23.8. The minimum atomic E-state index is -2.43. The first-order chi connectivity index (χ1) is 43.9. The van der Waals surface area contributed by atoms with Gasteiger partial charge in [0, 0.05) is 13.8 Å². The summed E-state index contributed by atoms with van der Waals surface area (Å²) in [5.41, 5.74) is 0. The first-order valence-corrected chi connectivity index (χ1v) is 29.9. The number of nitrogens with one attached hydrogen (secondary N) is 2. The van der Waals surface area contributed by atoms with Gasteiger partial charge in [-0.25, -0.2) is 0 Å². The quantitative estimate of drug-likeness (QED) is 0.0479. The Morgan fingerprint density at radius 1 is 0.280 bits per heavy atom. The fourth-order valence-electron chi connectivity index (χ4n) is 12.2. The summed E-state index contributed by atoms with van der Waals surface area (Å²) in [7, 11) is 0. The third-order valence-electron chi connectivity index (χ3n) is 17.4. The van der Waals surface area contributed by atoms with Crippen LogP contribution in [0.1, 0.15) is 27.7 Å². The van der Waals surface area contributed by atoms with Gasteiger partial charge < -0.3 is 194 Å². The van der Waals surface area contributed by atoms with Gasteiger partial charge in [-0.15, -0.1) is 0 Å². The molecule has 0 bridgehead atoms. The largest absolute Gasteiger partial charge is 0.394 e. The summed E-state index contributed by atoms with van der Waals surface area (Å²) in [6.45, 7) is -1.99. The Morgan fingerprint density at radius 3 is 1.06 bits per heavy atom. The van der Waals surface area contributed by atoms with Crippen LogP contribution in [0.3, 0.4) is 0 Å². The summed E-state index contributed by atoms with van der Waals surface area (Å²) in [5, 5.41) is 245. The van der Waals surface area contributed by atoms with Gasteiger partial charge in [0.2, 0.25) is 11.8 Å². The Hall–Kier alpha value is -2.54. The van der Waals surface area contributed by atoms with Crippen LogP contribution in [0, 0.1) is 0 Å². The predicted octanol–water partition coefficient (Wildman–Crippen LogP) is -16.1. The fourth-order valence-corrected chi connectivity index (χ4v) is 12.2. The molecule has 40 atom stereocenters. The molecule has 41 heteroatoms. The van der Waals surface area contributed by atoms with E-state index in [1.807, 2.05) is 0 Å². The highest BCUT2D eigenvalue weighted by atomic mass is 16.8. The number of aliphatic hydroxyl groups excluding tert-OH is 22. The van der Waals surface area contributed by atoms with E-state index in [2.05, 4.69) is 10.6 Å². The number of rotatable bonds is 22. The fraction of sp³-hybridized carbons (Fsp3) is 0.962. The van der Waals surface area contributed by atoms with Gasteiger partial charge >= 0.3 is 0 Å². The van der Waals surface area contributed by atoms with Crippen molar-refractivity contribution in [3.8, 4) is 0 Å². The van der Waals surface area contributed by atoms with E-state index in [4.69, 9.17) is 71.1 Å². The van der Waals surface area contributed by atoms with Crippen LogP contribution in [0.25, 0.3) is 0 Å². The molecular weight excluding hydrogens is 1280 g/mol. The highest BCUT2D eigenvalue weighted by Crippen LogP contribution is 2.40. The van der Waals surface area contributed by atoms with E-state index >= 15 is 0 Å². The second-order valence-electron chi connectivity index (χ2n) is 23.8. The smallest absolute Gasteiger partial charge is 0.217 e. The zero-order valence-corrected chi connectivity index (χ0v) is 50.1. The Balaban J connectivity index is 1.10. The topological polar surface area (TPSA) is 642 Å². The van der Waals surface area contributed by atoms with Crippen LogP contribution in [0.5, 0.6) is 0 Å². The number of hydrogen-bond acceptors (Lipinski definition) is 39. The number of hydrogen-bond donors (Lipinski definition) is 24. The van der Waals surface area contributed by atoms with Gasteiger partial charge in [0.05, 0.1) is 51.8 Å². The van der Waals surface area contributed by atoms with E-state index in [0.717, 1.165) is 13.8 Å². The molecule has 93 heavy (non-hydrogen) atoms. The zero-order chi connectivity index (χ0) is 68.5. The number of ether oxygens (including phenoxy) is 15. The summed E-state index contributed by atoms with van der Waals surface area (Å²) in [4.78, 5) is 26.3. The predicted molar refractivity (Wildman–Crippen MR) is 285 cm³/mol. The molecule has 0 spiro atoms. The molecule has 8 fully saturated rings. The molecule has 0 aromatic rings. The van der Waals surface area contributed by atoms with Crippen LogP contribution >= 0.6 is 0 Å². The molecule has 0 aliphatic carbocycles. The highest BCUT2D eigenvalue weighted by Gasteiger charge is 2.61. The summed E-state index contributed by atoms with van der Waals surface area (Å²) in [5.74, 6) is -1.90. The Morgan fingerprint density at radius 2 is 0.602 bits per heavy atom. The van der Waals surface area contributed by atoms with Crippen LogP contribution in [-0.2, 0) is 80.6 Å². The van der Waals surface area contributed by atoms with E-state index in [0.29, 0.717) is 0 Å². The lowest BCUT2D eigenvalue weighted by molar-refractivity contribution is -0.398. The second kappa shape index (κ2) is 32.6. The van der Waals surface area contributed by atoms with Crippen LogP contribution in [-0.4, -0.2) is 409 Å². The molecule has 8 rings (SSSR count). The lowest BCUT2D eigenvalue weighted by Gasteiger charge is -2.52. The SMILES string of the molecule is CC(=O)N[C@H]1[C@H](O[C@H]2[C@@H](O)[C@@H](CO)O[C@@H](O[C@@H]3[C@@H](NC(C)=O)[C@H](O[C@H]4[C@@H](O)[C@@H](CO)O[C@@H](O[C@H]5[C@H](O)[C@@H](O)[C@H](O)O[C@@H]5CO)[C@@H]4O)O[C@H](CO)[C@H]3O[C@@H]3O[C@@H](C)[C@@H](O)[C@@H](O)[C@@H]3O)[C@@H]2O)O[C@H](CO)[C@@H](O[C@@H]2O[C@H](CO)[C@H](O)[C@H](O)[C@H]2O[C@@H]2O[C@@H](C)[C@@H](O)[C@@H](O)[C@@H]2O)[C@@H]1O. The monoisotopic (exact) mass is 1360 g/mol. The van der Waals surface area contributed by atoms with Crippen molar-refractivity contribution >= 4 is 11.8 Å². The van der Waals surface area contributed by atoms with Crippen molar-refractivity contribution in [2.24, 2.45) is 0 Å². The zero-order valence-electron chi connectivity index (χ0n) is 50.1. The first kappa shape index (κ1) is 76.2. The number of carbonyl (C=O) groups excluding carboxylic acids is 2. The molecule has 540 valence electrons. The average Bonchev–Trinajstić information content (AvgIpc) is 0.806. The molecule has 2 amide bonds. The van der Waals surface area contributed by atoms with Crippen LogP contribution in [0.2, 0.25) is 0 Å². The third-order valence-corrected chi connectivity index (χ3v) is 17.4. The minimum Gasteiger partial charge on any atom is -0.394 e. The summed E-state index contributed by atoms with van der Waals surface area (Å²) in [6, 6.07) is -3.90. The van der Waals surface area contributed by atoms with E-state index in [-0.39, 0.29) is 0 Å². The molecule has 8 heterocycles. The minimum absolute atomic E-state index is 0.926. The number of amides is 2. The standard InChI is InChI=1S/C52H88N2O39/c1-11-23(63)29(69)34(74)48(79-11)89-40-20(10-60)86-47(92-43-27(67)16(6-56)82-50(36(43)76)87-39-18(8-58)81-45(78)33(73)32(39)72)22(54-14(4)62)41(40)90-51-37(77)42(26(66)17(7-57)83-51)91-46-21(53-13(3)61)28(68)38(19(9-59)85-46)88-52-44(31(71)25(65)15(5-55)84-52)93-49-35(75)30(70)24(64)12(2)80-49/h11-12,15-52,55-60,63-78H,5-10H2,1-4H3,(H,53,61)(H,54,62)/t11-,12-,15+,16+,17+,18+,19+,20+,21+,22+,23+,24+,25-,26-,27-,28+,29+,30+,31-,32+,33+,34-,35-,36+,37+,38+,39+,40+,41+,42-,43-,44+,45+,46-,47-,48-,49-,50-,51-,52-/m0/s1. The van der Waals surface area contributed by atoms with Crippen molar-refractivity contribution in [2.75, 3.05) is 39.6 Å². The number of aliphatic hydroxyl groups is 22. The van der Waals surface area contributed by atoms with Crippen molar-refractivity contribution in [3.63, 3.8) is 0 Å². The molecule has 8 saturated heterocycles. The molecule has 24 N–H and O–H groups in total. The molecule has 0 unspecified atom stereocenters. The van der Waals surface area contributed by atoms with Crippen molar-refractivity contribution in [2.45, 2.75) is 273 Å². The maximum Gasteiger partial charge on any atom is 0.217 e.